The minimum absolute atomic E-state index is 0.107. The molecule has 1 saturated carbocycles. The summed E-state index contributed by atoms with van der Waals surface area (Å²) < 4.78 is 0. The molecule has 6 heteroatoms. The fraction of sp³-hybridized carbons (Fsp3) is 0.875. The highest BCUT2D eigenvalue weighted by molar-refractivity contribution is 5.75. The van der Waals surface area contributed by atoms with Gasteiger partial charge < -0.3 is 21.3 Å². The van der Waals surface area contributed by atoms with Gasteiger partial charge in [0.1, 0.15) is 0 Å². The Hall–Kier alpha value is -1.46. The van der Waals surface area contributed by atoms with Crippen molar-refractivity contribution in [3.8, 4) is 0 Å². The van der Waals surface area contributed by atoms with E-state index in [1.165, 1.54) is 0 Å². The number of hydrogen-bond donors (Lipinski definition) is 4. The molecular weight excluding hydrogens is 280 g/mol. The first-order chi connectivity index (χ1) is 9.94. The smallest absolute Gasteiger partial charge is 0.315 e. The van der Waals surface area contributed by atoms with Crippen LogP contribution in [0, 0.1) is 0 Å². The molecule has 0 unspecified atom stereocenters. The number of carbonyl (C=O) groups excluding carboxylic acids is 2. The van der Waals surface area contributed by atoms with E-state index in [0.717, 1.165) is 25.7 Å². The predicted molar refractivity (Wildman–Crippen MR) is 88.9 cm³/mol. The van der Waals surface area contributed by atoms with Crippen molar-refractivity contribution in [1.29, 1.82) is 0 Å². The Balaban J connectivity index is 2.41. The molecule has 1 rings (SSSR count). The van der Waals surface area contributed by atoms with E-state index in [1.807, 2.05) is 41.5 Å². The number of hydrogen-bond acceptors (Lipinski definition) is 2. The van der Waals surface area contributed by atoms with E-state index in [9.17, 15) is 9.59 Å². The Labute approximate surface area is 134 Å². The molecule has 4 amide bonds. The van der Waals surface area contributed by atoms with E-state index in [1.54, 1.807) is 0 Å². The summed E-state index contributed by atoms with van der Waals surface area (Å²) in [6.45, 7) is 11.7. The van der Waals surface area contributed by atoms with Crippen LogP contribution >= 0.6 is 0 Å². The fourth-order valence-corrected chi connectivity index (χ4v) is 2.58. The van der Waals surface area contributed by atoms with Gasteiger partial charge in [-0.15, -0.1) is 0 Å². The first-order valence-electron chi connectivity index (χ1n) is 8.12. The van der Waals surface area contributed by atoms with E-state index < -0.39 is 0 Å². The van der Waals surface area contributed by atoms with Crippen molar-refractivity contribution in [3.05, 3.63) is 0 Å². The third-order valence-electron chi connectivity index (χ3n) is 3.32. The molecule has 0 radical (unpaired) electrons. The Morgan fingerprint density at radius 3 is 1.45 bits per heavy atom. The maximum Gasteiger partial charge on any atom is 0.315 e. The van der Waals surface area contributed by atoms with Gasteiger partial charge in [0.25, 0.3) is 0 Å². The Morgan fingerprint density at radius 1 is 0.773 bits per heavy atom. The van der Waals surface area contributed by atoms with Crippen LogP contribution in [0.3, 0.4) is 0 Å². The van der Waals surface area contributed by atoms with E-state index >= 15 is 0 Å². The average Bonchev–Trinajstić information content (AvgIpc) is 2.22. The van der Waals surface area contributed by atoms with E-state index in [2.05, 4.69) is 21.3 Å². The fourth-order valence-electron chi connectivity index (χ4n) is 2.58. The average molecular weight is 312 g/mol. The highest BCUT2D eigenvalue weighted by Gasteiger charge is 2.26. The summed E-state index contributed by atoms with van der Waals surface area (Å²) >= 11 is 0. The minimum atomic E-state index is -0.247. The number of nitrogens with one attached hydrogen (secondary N) is 4. The lowest BCUT2D eigenvalue weighted by atomic mass is 9.91. The van der Waals surface area contributed by atoms with Gasteiger partial charge in [0.2, 0.25) is 0 Å². The van der Waals surface area contributed by atoms with Crippen molar-refractivity contribution < 1.29 is 9.59 Å². The van der Waals surface area contributed by atoms with Gasteiger partial charge in [-0.2, -0.15) is 0 Å². The molecule has 1 aliphatic carbocycles. The molecule has 1 aliphatic rings. The van der Waals surface area contributed by atoms with Gasteiger partial charge in [-0.05, 0) is 67.2 Å². The monoisotopic (exact) mass is 312 g/mol. The molecule has 22 heavy (non-hydrogen) atoms. The molecule has 0 spiro atoms. The molecule has 0 bridgehead atoms. The summed E-state index contributed by atoms with van der Waals surface area (Å²) in [7, 11) is 0. The van der Waals surface area contributed by atoms with Crippen molar-refractivity contribution in [2.45, 2.75) is 90.4 Å². The number of amides is 4. The van der Waals surface area contributed by atoms with Crippen LogP contribution in [0.2, 0.25) is 0 Å². The Bertz CT molecular complexity index is 360. The summed E-state index contributed by atoms with van der Waals surface area (Å²) in [4.78, 5) is 23.8. The molecule has 1 fully saturated rings. The summed E-state index contributed by atoms with van der Waals surface area (Å²) in [6, 6.07) is -0.0679. The highest BCUT2D eigenvalue weighted by Crippen LogP contribution is 2.19. The topological polar surface area (TPSA) is 82.3 Å². The minimum Gasteiger partial charge on any atom is -0.335 e. The van der Waals surface area contributed by atoms with Gasteiger partial charge in [0.05, 0.1) is 0 Å². The maximum absolute atomic E-state index is 11.9. The maximum atomic E-state index is 11.9. The van der Waals surface area contributed by atoms with Crippen molar-refractivity contribution in [3.63, 3.8) is 0 Å². The van der Waals surface area contributed by atoms with Gasteiger partial charge in [-0.1, -0.05) is 0 Å². The number of rotatable bonds is 2. The van der Waals surface area contributed by atoms with E-state index in [-0.39, 0.29) is 35.2 Å². The van der Waals surface area contributed by atoms with Crippen LogP contribution in [-0.2, 0) is 0 Å². The Kier molecular flexibility index (Phi) is 6.08. The van der Waals surface area contributed by atoms with Crippen molar-refractivity contribution in [1.82, 2.24) is 21.3 Å². The Morgan fingerprint density at radius 2 is 1.14 bits per heavy atom. The zero-order chi connectivity index (χ0) is 17.0. The van der Waals surface area contributed by atoms with Gasteiger partial charge in [0.15, 0.2) is 0 Å². The lowest BCUT2D eigenvalue weighted by Gasteiger charge is -2.32. The molecule has 128 valence electrons. The van der Waals surface area contributed by atoms with E-state index in [0.29, 0.717) is 0 Å². The molecule has 6 nitrogen and oxygen atoms in total. The quantitative estimate of drug-likeness (QED) is 0.632. The molecule has 4 N–H and O–H groups in total. The lowest BCUT2D eigenvalue weighted by Crippen LogP contribution is -2.54. The van der Waals surface area contributed by atoms with E-state index in [4.69, 9.17) is 0 Å². The second-order valence-corrected chi connectivity index (χ2v) is 8.26. The number of carbonyl (C=O) groups is 2. The summed E-state index contributed by atoms with van der Waals surface area (Å²) in [5.41, 5.74) is -0.494. The first-order valence-corrected chi connectivity index (χ1v) is 8.12. The molecule has 0 aromatic carbocycles. The predicted octanol–water partition coefficient (Wildman–Crippen LogP) is 2.49. The SMILES string of the molecule is CC(C)(C)NC(=O)N[C@@H]1CCC[C@H](NC(=O)NC(C)(C)C)C1. The van der Waals surface area contributed by atoms with Crippen molar-refractivity contribution in [2.75, 3.05) is 0 Å². The zero-order valence-corrected chi connectivity index (χ0v) is 14.8. The largest absolute Gasteiger partial charge is 0.335 e. The third kappa shape index (κ3) is 8.10. The zero-order valence-electron chi connectivity index (χ0n) is 14.8. The van der Waals surface area contributed by atoms with Crippen LogP contribution in [0.5, 0.6) is 0 Å². The summed E-state index contributed by atoms with van der Waals surface area (Å²) in [5, 5.41) is 11.8. The second-order valence-electron chi connectivity index (χ2n) is 8.26. The van der Waals surface area contributed by atoms with Gasteiger partial charge >= 0.3 is 12.1 Å². The molecular formula is C16H32N4O2. The molecule has 0 aliphatic heterocycles. The van der Waals surface area contributed by atoms with Gasteiger partial charge in [-0.25, -0.2) is 9.59 Å². The van der Waals surface area contributed by atoms with Crippen molar-refractivity contribution in [2.24, 2.45) is 0 Å². The molecule has 0 heterocycles. The highest BCUT2D eigenvalue weighted by atomic mass is 16.2. The van der Waals surface area contributed by atoms with Crippen molar-refractivity contribution >= 4 is 12.1 Å². The van der Waals surface area contributed by atoms with Gasteiger partial charge in [-0.3, -0.25) is 0 Å². The summed E-state index contributed by atoms with van der Waals surface area (Å²) in [6.07, 6.45) is 3.68. The van der Waals surface area contributed by atoms with Crippen LogP contribution in [-0.4, -0.2) is 35.2 Å². The molecule has 0 aromatic heterocycles. The number of urea groups is 2. The van der Waals surface area contributed by atoms with Crippen LogP contribution in [0.1, 0.15) is 67.2 Å². The summed E-state index contributed by atoms with van der Waals surface area (Å²) in [5.74, 6) is 0. The standard InChI is InChI=1S/C16H32N4O2/c1-15(2,3)19-13(21)17-11-8-7-9-12(10-11)18-14(22)20-16(4,5)6/h11-12H,7-10H2,1-6H3,(H2,17,19,21)(H2,18,20,22)/t11-,12+. The molecule has 0 saturated heterocycles. The van der Waals surface area contributed by atoms with Crippen LogP contribution in [0.4, 0.5) is 9.59 Å². The molecule has 0 aromatic rings. The van der Waals surface area contributed by atoms with Crippen LogP contribution in [0.25, 0.3) is 0 Å². The van der Waals surface area contributed by atoms with Crippen LogP contribution in [0.15, 0.2) is 0 Å². The normalized spacial score (nSPS) is 22.6. The molecule has 2 atom stereocenters. The lowest BCUT2D eigenvalue weighted by molar-refractivity contribution is 0.213. The third-order valence-corrected chi connectivity index (χ3v) is 3.32. The van der Waals surface area contributed by atoms with Crippen LogP contribution < -0.4 is 21.3 Å². The second kappa shape index (κ2) is 7.20. The van der Waals surface area contributed by atoms with Gasteiger partial charge in [0, 0.05) is 23.2 Å². The first kappa shape index (κ1) is 18.6.